The van der Waals surface area contributed by atoms with Crippen LogP contribution in [0.4, 0.5) is 0 Å². The fraction of sp³-hybridized carbons (Fsp3) is 0.933. The van der Waals surface area contributed by atoms with E-state index in [1.807, 2.05) is 6.92 Å². The summed E-state index contributed by atoms with van der Waals surface area (Å²) in [5, 5.41) is 6.60. The summed E-state index contributed by atoms with van der Waals surface area (Å²) in [4.78, 5) is 14.6. The zero-order valence-electron chi connectivity index (χ0n) is 12.6. The quantitative estimate of drug-likeness (QED) is 0.808. The molecule has 0 radical (unpaired) electrons. The van der Waals surface area contributed by atoms with Crippen molar-refractivity contribution in [2.75, 3.05) is 26.2 Å². The third kappa shape index (κ3) is 4.18. The Morgan fingerprint density at radius 3 is 2.32 bits per heavy atom. The largest absolute Gasteiger partial charge is 0.352 e. The normalized spacial score (nSPS) is 34.8. The van der Waals surface area contributed by atoms with E-state index < -0.39 is 0 Å². The number of hydrogen-bond acceptors (Lipinski definition) is 3. The molecule has 2 rings (SSSR count). The zero-order chi connectivity index (χ0) is 13.8. The van der Waals surface area contributed by atoms with Gasteiger partial charge >= 0.3 is 0 Å². The smallest absolute Gasteiger partial charge is 0.237 e. The van der Waals surface area contributed by atoms with Crippen molar-refractivity contribution in [3.05, 3.63) is 0 Å². The molecule has 0 aromatic rings. The van der Waals surface area contributed by atoms with Gasteiger partial charge in [-0.3, -0.25) is 9.69 Å². The van der Waals surface area contributed by atoms with Crippen LogP contribution in [-0.2, 0) is 4.79 Å². The molecule has 110 valence electrons. The average Bonchev–Trinajstić information content (AvgIpc) is 2.37. The van der Waals surface area contributed by atoms with Crippen LogP contribution in [0.2, 0.25) is 0 Å². The molecular formula is C15H29N3O. The van der Waals surface area contributed by atoms with Gasteiger partial charge in [0.15, 0.2) is 0 Å². The molecule has 4 heteroatoms. The highest BCUT2D eigenvalue weighted by atomic mass is 16.2. The van der Waals surface area contributed by atoms with Crippen molar-refractivity contribution >= 4 is 5.91 Å². The molecule has 0 bridgehead atoms. The van der Waals surface area contributed by atoms with E-state index in [2.05, 4.69) is 29.4 Å². The third-order valence-electron chi connectivity index (χ3n) is 4.60. The minimum atomic E-state index is 0.00892. The van der Waals surface area contributed by atoms with E-state index in [1.165, 1.54) is 6.42 Å². The zero-order valence-corrected chi connectivity index (χ0v) is 12.6. The van der Waals surface area contributed by atoms with E-state index in [4.69, 9.17) is 0 Å². The Morgan fingerprint density at radius 2 is 1.74 bits per heavy atom. The van der Waals surface area contributed by atoms with Crippen LogP contribution in [0.1, 0.15) is 40.0 Å². The maximum Gasteiger partial charge on any atom is 0.237 e. The summed E-state index contributed by atoms with van der Waals surface area (Å²) in [7, 11) is 0. The van der Waals surface area contributed by atoms with Crippen LogP contribution < -0.4 is 10.6 Å². The summed E-state index contributed by atoms with van der Waals surface area (Å²) in [5.41, 5.74) is 0. The van der Waals surface area contributed by atoms with Crippen LogP contribution in [0.5, 0.6) is 0 Å². The van der Waals surface area contributed by atoms with Gasteiger partial charge in [0.05, 0.1) is 6.04 Å². The molecule has 0 aromatic heterocycles. The first kappa shape index (κ1) is 14.8. The predicted octanol–water partition coefficient (Wildman–Crippen LogP) is 1.22. The standard InChI is InChI=1S/C15H29N3O/c1-11-8-12(2)10-14(9-11)17-15(19)13(3)18-6-4-16-5-7-18/h11-14,16H,4-10H2,1-3H3,(H,17,19). The van der Waals surface area contributed by atoms with Crippen LogP contribution in [0.15, 0.2) is 0 Å². The van der Waals surface area contributed by atoms with Gasteiger partial charge in [0, 0.05) is 32.2 Å². The van der Waals surface area contributed by atoms with E-state index in [-0.39, 0.29) is 11.9 Å². The van der Waals surface area contributed by atoms with E-state index in [0.717, 1.165) is 50.9 Å². The second-order valence-corrected chi connectivity index (χ2v) is 6.58. The van der Waals surface area contributed by atoms with Gasteiger partial charge in [-0.25, -0.2) is 0 Å². The maximum atomic E-state index is 12.4. The Bertz CT molecular complexity index is 292. The summed E-state index contributed by atoms with van der Waals surface area (Å²) in [6.07, 6.45) is 3.59. The van der Waals surface area contributed by atoms with Gasteiger partial charge in [0.1, 0.15) is 0 Å². The summed E-state index contributed by atoms with van der Waals surface area (Å²) < 4.78 is 0. The van der Waals surface area contributed by atoms with Gasteiger partial charge in [0.2, 0.25) is 5.91 Å². The highest BCUT2D eigenvalue weighted by Crippen LogP contribution is 2.28. The molecule has 1 aliphatic heterocycles. The molecule has 3 unspecified atom stereocenters. The minimum Gasteiger partial charge on any atom is -0.352 e. The molecule has 1 saturated heterocycles. The molecule has 1 heterocycles. The van der Waals surface area contributed by atoms with Gasteiger partial charge < -0.3 is 10.6 Å². The molecule has 2 N–H and O–H groups in total. The number of nitrogens with one attached hydrogen (secondary N) is 2. The average molecular weight is 267 g/mol. The van der Waals surface area contributed by atoms with Gasteiger partial charge in [-0.2, -0.15) is 0 Å². The molecule has 0 aromatic carbocycles. The van der Waals surface area contributed by atoms with Crippen molar-refractivity contribution in [1.82, 2.24) is 15.5 Å². The van der Waals surface area contributed by atoms with Crippen LogP contribution in [0, 0.1) is 11.8 Å². The van der Waals surface area contributed by atoms with Crippen LogP contribution >= 0.6 is 0 Å². The summed E-state index contributed by atoms with van der Waals surface area (Å²) >= 11 is 0. The highest BCUT2D eigenvalue weighted by molar-refractivity contribution is 5.81. The SMILES string of the molecule is CC1CC(C)CC(NC(=O)C(C)N2CCNCC2)C1. The molecule has 1 saturated carbocycles. The Hall–Kier alpha value is -0.610. The van der Waals surface area contributed by atoms with E-state index in [9.17, 15) is 4.79 Å². The number of carbonyl (C=O) groups excluding carboxylic acids is 1. The Labute approximate surface area is 117 Å². The molecular weight excluding hydrogens is 238 g/mol. The van der Waals surface area contributed by atoms with Crippen molar-refractivity contribution in [2.24, 2.45) is 11.8 Å². The lowest BCUT2D eigenvalue weighted by molar-refractivity contribution is -0.127. The minimum absolute atomic E-state index is 0.00892. The second kappa shape index (κ2) is 6.71. The second-order valence-electron chi connectivity index (χ2n) is 6.58. The van der Waals surface area contributed by atoms with E-state index in [0.29, 0.717) is 6.04 Å². The molecule has 4 nitrogen and oxygen atoms in total. The number of amides is 1. The molecule has 1 amide bonds. The number of piperazine rings is 1. The maximum absolute atomic E-state index is 12.4. The third-order valence-corrected chi connectivity index (χ3v) is 4.60. The number of carbonyl (C=O) groups is 1. The molecule has 2 aliphatic rings. The number of nitrogens with zero attached hydrogens (tertiary/aromatic N) is 1. The lowest BCUT2D eigenvalue weighted by Gasteiger charge is -2.35. The van der Waals surface area contributed by atoms with Crippen LogP contribution in [-0.4, -0.2) is 49.1 Å². The first-order valence-electron chi connectivity index (χ1n) is 7.81. The number of hydrogen-bond donors (Lipinski definition) is 2. The fourth-order valence-corrected chi connectivity index (χ4v) is 3.62. The van der Waals surface area contributed by atoms with Crippen molar-refractivity contribution < 1.29 is 4.79 Å². The van der Waals surface area contributed by atoms with Gasteiger partial charge in [-0.15, -0.1) is 0 Å². The summed E-state index contributed by atoms with van der Waals surface area (Å²) in [6.45, 7) is 10.6. The lowest BCUT2D eigenvalue weighted by Crippen LogP contribution is -2.54. The molecule has 3 atom stereocenters. The van der Waals surface area contributed by atoms with Crippen molar-refractivity contribution in [3.63, 3.8) is 0 Å². The molecule has 0 spiro atoms. The number of rotatable bonds is 3. The summed E-state index contributed by atoms with van der Waals surface area (Å²) in [6, 6.07) is 0.395. The monoisotopic (exact) mass is 267 g/mol. The van der Waals surface area contributed by atoms with Crippen molar-refractivity contribution in [3.8, 4) is 0 Å². The Kier molecular flexibility index (Phi) is 5.22. The van der Waals surface area contributed by atoms with Gasteiger partial charge in [-0.1, -0.05) is 13.8 Å². The van der Waals surface area contributed by atoms with Gasteiger partial charge in [0.25, 0.3) is 0 Å². The first-order chi connectivity index (χ1) is 9.06. The Morgan fingerprint density at radius 1 is 1.16 bits per heavy atom. The Balaban J connectivity index is 1.82. The van der Waals surface area contributed by atoms with Crippen LogP contribution in [0.3, 0.4) is 0 Å². The van der Waals surface area contributed by atoms with Crippen LogP contribution in [0.25, 0.3) is 0 Å². The van der Waals surface area contributed by atoms with Crippen molar-refractivity contribution in [2.45, 2.75) is 52.1 Å². The molecule has 1 aliphatic carbocycles. The first-order valence-corrected chi connectivity index (χ1v) is 7.81. The molecule has 19 heavy (non-hydrogen) atoms. The highest BCUT2D eigenvalue weighted by Gasteiger charge is 2.28. The lowest BCUT2D eigenvalue weighted by atomic mass is 9.80. The summed E-state index contributed by atoms with van der Waals surface area (Å²) in [5.74, 6) is 1.69. The van der Waals surface area contributed by atoms with E-state index >= 15 is 0 Å². The fourth-order valence-electron chi connectivity index (χ4n) is 3.62. The van der Waals surface area contributed by atoms with Gasteiger partial charge in [-0.05, 0) is 38.0 Å². The molecule has 2 fully saturated rings. The topological polar surface area (TPSA) is 44.4 Å². The van der Waals surface area contributed by atoms with E-state index in [1.54, 1.807) is 0 Å². The predicted molar refractivity (Wildman–Crippen MR) is 78.0 cm³/mol. The van der Waals surface area contributed by atoms with Crippen molar-refractivity contribution in [1.29, 1.82) is 0 Å².